The van der Waals surface area contributed by atoms with Crippen LogP contribution in [0.4, 0.5) is 5.69 Å². The monoisotopic (exact) mass is 249 g/mol. The molecule has 0 aromatic carbocycles. The van der Waals surface area contributed by atoms with E-state index in [9.17, 15) is 0 Å². The molecule has 5 heteroatoms. The van der Waals surface area contributed by atoms with Gasteiger partial charge in [0.05, 0.1) is 12.3 Å². The van der Waals surface area contributed by atoms with Crippen LogP contribution in [0.3, 0.4) is 0 Å². The van der Waals surface area contributed by atoms with Crippen LogP contribution in [-0.4, -0.2) is 17.1 Å². The van der Waals surface area contributed by atoms with E-state index in [2.05, 4.69) is 9.97 Å². The van der Waals surface area contributed by atoms with Gasteiger partial charge in [0.1, 0.15) is 5.15 Å². The summed E-state index contributed by atoms with van der Waals surface area (Å²) in [5.74, 6) is 0. The zero-order chi connectivity index (χ0) is 12.3. The third kappa shape index (κ3) is 2.72. The van der Waals surface area contributed by atoms with Gasteiger partial charge in [0.25, 0.3) is 0 Å². The van der Waals surface area contributed by atoms with Crippen molar-refractivity contribution in [3.05, 3.63) is 41.3 Å². The number of nitrogens with two attached hydrogens (primary N) is 1. The number of hydrogen-bond acceptors (Lipinski definition) is 4. The average molecular weight is 250 g/mol. The number of halogens is 1. The Kier molecular flexibility index (Phi) is 3.56. The van der Waals surface area contributed by atoms with Crippen molar-refractivity contribution in [2.75, 3.05) is 12.8 Å². The standard InChI is InChI=1S/C12H12ClN3O/c1-17-7-8-2-3-11(15-5-8)9-6-16-12(13)4-10(9)14/h2-6H,7H2,1H3,(H2,14,16). The number of aromatic nitrogens is 2. The van der Waals surface area contributed by atoms with Crippen molar-refractivity contribution < 1.29 is 4.74 Å². The average Bonchev–Trinajstić information content (AvgIpc) is 2.31. The van der Waals surface area contributed by atoms with Gasteiger partial charge in [-0.25, -0.2) is 4.98 Å². The summed E-state index contributed by atoms with van der Waals surface area (Å²) in [6, 6.07) is 5.44. The van der Waals surface area contributed by atoms with Gasteiger partial charge in [0, 0.05) is 30.8 Å². The summed E-state index contributed by atoms with van der Waals surface area (Å²) in [5.41, 5.74) is 8.98. The van der Waals surface area contributed by atoms with E-state index < -0.39 is 0 Å². The van der Waals surface area contributed by atoms with E-state index in [0.717, 1.165) is 16.8 Å². The predicted octanol–water partition coefficient (Wildman–Crippen LogP) is 2.53. The number of anilines is 1. The molecule has 0 saturated carbocycles. The molecule has 2 aromatic heterocycles. The maximum absolute atomic E-state index is 5.86. The maximum Gasteiger partial charge on any atom is 0.131 e. The van der Waals surface area contributed by atoms with E-state index in [-0.39, 0.29) is 0 Å². The Labute approximate surface area is 104 Å². The van der Waals surface area contributed by atoms with Crippen molar-refractivity contribution in [1.29, 1.82) is 0 Å². The first-order valence-corrected chi connectivity index (χ1v) is 5.44. The van der Waals surface area contributed by atoms with Crippen molar-refractivity contribution in [3.63, 3.8) is 0 Å². The lowest BCUT2D eigenvalue weighted by atomic mass is 10.1. The minimum Gasteiger partial charge on any atom is -0.398 e. The molecule has 0 radical (unpaired) electrons. The van der Waals surface area contributed by atoms with Gasteiger partial charge < -0.3 is 10.5 Å². The van der Waals surface area contributed by atoms with E-state index >= 15 is 0 Å². The van der Waals surface area contributed by atoms with Gasteiger partial charge in [0.15, 0.2) is 0 Å². The molecule has 0 aliphatic heterocycles. The number of nitrogens with zero attached hydrogens (tertiary/aromatic N) is 2. The smallest absolute Gasteiger partial charge is 0.131 e. The van der Waals surface area contributed by atoms with Crippen LogP contribution in [0.25, 0.3) is 11.3 Å². The summed E-state index contributed by atoms with van der Waals surface area (Å²) < 4.78 is 5.02. The quantitative estimate of drug-likeness (QED) is 0.849. The van der Waals surface area contributed by atoms with Gasteiger partial charge >= 0.3 is 0 Å². The van der Waals surface area contributed by atoms with Gasteiger partial charge in [0.2, 0.25) is 0 Å². The number of hydrogen-bond donors (Lipinski definition) is 1. The van der Waals surface area contributed by atoms with Crippen molar-refractivity contribution in [1.82, 2.24) is 9.97 Å². The first-order valence-electron chi connectivity index (χ1n) is 5.06. The van der Waals surface area contributed by atoms with Gasteiger partial charge in [-0.3, -0.25) is 4.98 Å². The molecule has 2 heterocycles. The number of nitrogen functional groups attached to an aromatic ring is 1. The molecule has 4 nitrogen and oxygen atoms in total. The molecule has 0 amide bonds. The van der Waals surface area contributed by atoms with Crippen molar-refractivity contribution >= 4 is 17.3 Å². The summed E-state index contributed by atoms with van der Waals surface area (Å²) in [4.78, 5) is 8.31. The van der Waals surface area contributed by atoms with Gasteiger partial charge in [-0.15, -0.1) is 0 Å². The second-order valence-electron chi connectivity index (χ2n) is 3.58. The third-order valence-corrected chi connectivity index (χ3v) is 2.52. The highest BCUT2D eigenvalue weighted by Gasteiger charge is 2.05. The van der Waals surface area contributed by atoms with Crippen LogP contribution < -0.4 is 5.73 Å². The number of methoxy groups -OCH3 is 1. The van der Waals surface area contributed by atoms with Crippen LogP contribution in [0.1, 0.15) is 5.56 Å². The molecule has 0 spiro atoms. The lowest BCUT2D eigenvalue weighted by molar-refractivity contribution is 0.184. The van der Waals surface area contributed by atoms with E-state index in [1.165, 1.54) is 0 Å². The van der Waals surface area contributed by atoms with Crippen LogP contribution in [0.5, 0.6) is 0 Å². The number of ether oxygens (including phenoxy) is 1. The molecule has 0 unspecified atom stereocenters. The van der Waals surface area contributed by atoms with Crippen molar-refractivity contribution in [2.24, 2.45) is 0 Å². The summed E-state index contributed by atoms with van der Waals surface area (Å²) in [7, 11) is 1.65. The first kappa shape index (κ1) is 11.8. The molecule has 2 N–H and O–H groups in total. The Hall–Kier alpha value is -1.65. The minimum atomic E-state index is 0.377. The highest BCUT2D eigenvalue weighted by atomic mass is 35.5. The van der Waals surface area contributed by atoms with Crippen LogP contribution >= 0.6 is 11.6 Å². The molecule has 0 saturated heterocycles. The molecule has 17 heavy (non-hydrogen) atoms. The van der Waals surface area contributed by atoms with E-state index in [1.54, 1.807) is 25.6 Å². The van der Waals surface area contributed by atoms with Gasteiger partial charge in [-0.2, -0.15) is 0 Å². The second kappa shape index (κ2) is 5.12. The Morgan fingerprint density at radius 3 is 2.71 bits per heavy atom. The summed E-state index contributed by atoms with van der Waals surface area (Å²) in [5, 5.41) is 0.377. The third-order valence-electron chi connectivity index (χ3n) is 2.31. The minimum absolute atomic E-state index is 0.377. The number of pyridine rings is 2. The highest BCUT2D eigenvalue weighted by molar-refractivity contribution is 6.29. The Morgan fingerprint density at radius 1 is 1.29 bits per heavy atom. The lowest BCUT2D eigenvalue weighted by Crippen LogP contribution is -1.95. The van der Waals surface area contributed by atoms with Crippen LogP contribution in [0.2, 0.25) is 5.15 Å². The van der Waals surface area contributed by atoms with E-state index in [1.807, 2.05) is 12.1 Å². The molecular weight excluding hydrogens is 238 g/mol. The zero-order valence-corrected chi connectivity index (χ0v) is 10.1. The molecule has 0 bridgehead atoms. The first-order chi connectivity index (χ1) is 8.20. The number of rotatable bonds is 3. The Morgan fingerprint density at radius 2 is 2.12 bits per heavy atom. The summed E-state index contributed by atoms with van der Waals surface area (Å²) >= 11 is 5.74. The fourth-order valence-corrected chi connectivity index (χ4v) is 1.66. The maximum atomic E-state index is 5.86. The molecule has 0 fully saturated rings. The van der Waals surface area contributed by atoms with Crippen LogP contribution in [-0.2, 0) is 11.3 Å². The predicted molar refractivity (Wildman–Crippen MR) is 67.6 cm³/mol. The topological polar surface area (TPSA) is 61.0 Å². The fraction of sp³-hybridized carbons (Fsp3) is 0.167. The largest absolute Gasteiger partial charge is 0.398 e. The zero-order valence-electron chi connectivity index (χ0n) is 9.35. The van der Waals surface area contributed by atoms with Crippen LogP contribution in [0.15, 0.2) is 30.6 Å². The molecule has 0 atom stereocenters. The lowest BCUT2D eigenvalue weighted by Gasteiger charge is -2.05. The van der Waals surface area contributed by atoms with Crippen molar-refractivity contribution in [2.45, 2.75) is 6.61 Å². The Bertz CT molecular complexity index is 514. The highest BCUT2D eigenvalue weighted by Crippen LogP contribution is 2.25. The molecule has 0 aliphatic rings. The summed E-state index contributed by atoms with van der Waals surface area (Å²) in [6.45, 7) is 0.543. The fourth-order valence-electron chi connectivity index (χ4n) is 1.49. The molecule has 88 valence electrons. The molecule has 2 rings (SSSR count). The SMILES string of the molecule is COCc1ccc(-c2cnc(Cl)cc2N)nc1. The summed E-state index contributed by atoms with van der Waals surface area (Å²) in [6.07, 6.45) is 3.38. The Balaban J connectivity index is 2.33. The van der Waals surface area contributed by atoms with Gasteiger partial charge in [-0.1, -0.05) is 17.7 Å². The van der Waals surface area contributed by atoms with Crippen molar-refractivity contribution in [3.8, 4) is 11.3 Å². The molecule has 2 aromatic rings. The second-order valence-corrected chi connectivity index (χ2v) is 3.97. The molecule has 0 aliphatic carbocycles. The van der Waals surface area contributed by atoms with E-state index in [0.29, 0.717) is 17.4 Å². The van der Waals surface area contributed by atoms with Gasteiger partial charge in [-0.05, 0) is 17.7 Å². The molecular formula is C12H12ClN3O. The normalized spacial score (nSPS) is 10.5. The van der Waals surface area contributed by atoms with Crippen LogP contribution in [0, 0.1) is 0 Å². The van der Waals surface area contributed by atoms with E-state index in [4.69, 9.17) is 22.1 Å².